The van der Waals surface area contributed by atoms with Crippen LogP contribution in [0.25, 0.3) is 0 Å². The van der Waals surface area contributed by atoms with Crippen LogP contribution in [0.1, 0.15) is 101 Å². The van der Waals surface area contributed by atoms with Crippen LogP contribution in [0.5, 0.6) is 5.75 Å². The van der Waals surface area contributed by atoms with E-state index in [1.165, 1.54) is 22.3 Å². The normalized spacial score (nSPS) is 13.5. The lowest BCUT2D eigenvalue weighted by Crippen LogP contribution is -2.43. The molecule has 5 N–H and O–H groups in total. The zero-order valence-electron chi connectivity index (χ0n) is 26.2. The second kappa shape index (κ2) is 15.4. The fraction of sp³-hybridized carbons (Fsp3) is 0.588. The maximum Gasteiger partial charge on any atom is 0.326 e. The van der Waals surface area contributed by atoms with Crippen LogP contribution in [-0.4, -0.2) is 47.4 Å². The number of rotatable bonds is 16. The van der Waals surface area contributed by atoms with Gasteiger partial charge in [-0.05, 0) is 105 Å². The molecule has 2 atom stereocenters. The average Bonchev–Trinajstić information content (AvgIpc) is 2.91. The van der Waals surface area contributed by atoms with Gasteiger partial charge in [-0.3, -0.25) is 4.79 Å². The predicted octanol–water partition coefficient (Wildman–Crippen LogP) is 5.83. The van der Waals surface area contributed by atoms with Gasteiger partial charge in [0, 0.05) is 5.41 Å². The molecule has 0 saturated carbocycles. The summed E-state index contributed by atoms with van der Waals surface area (Å²) in [7, 11) is 0. The fourth-order valence-corrected chi connectivity index (χ4v) is 5.47. The van der Waals surface area contributed by atoms with E-state index in [9.17, 15) is 19.8 Å². The van der Waals surface area contributed by atoms with Crippen molar-refractivity contribution in [3.05, 3.63) is 64.2 Å². The number of aliphatic hydroxyl groups is 1. The monoisotopic (exact) mass is 568 g/mol. The number of hydrogen-bond acceptors (Lipinski definition) is 5. The van der Waals surface area contributed by atoms with E-state index >= 15 is 0 Å². The number of aliphatic hydroxyl groups excluding tert-OH is 1. The summed E-state index contributed by atoms with van der Waals surface area (Å²) in [6.45, 7) is 15.0. The number of ether oxygens (including phenoxy) is 1. The molecule has 228 valence electrons. The molecular weight excluding hydrogens is 516 g/mol. The fourth-order valence-electron chi connectivity index (χ4n) is 5.47. The number of carbonyl (C=O) groups is 2. The SMILES string of the molecule is CCC(CC)(c1ccc(CCC(O)C(C)(C)C)c(C)c1)c1ccc(OCC(=O)N[C@H](CCCCN)C(=O)O)c(C)c1. The summed E-state index contributed by atoms with van der Waals surface area (Å²) < 4.78 is 5.80. The smallest absolute Gasteiger partial charge is 0.326 e. The quantitative estimate of drug-likeness (QED) is 0.189. The number of nitrogens with one attached hydrogen (secondary N) is 1. The zero-order chi connectivity index (χ0) is 30.8. The van der Waals surface area contributed by atoms with E-state index in [4.69, 9.17) is 10.5 Å². The maximum absolute atomic E-state index is 12.4. The van der Waals surface area contributed by atoms with Crippen LogP contribution < -0.4 is 15.8 Å². The van der Waals surface area contributed by atoms with E-state index in [1.54, 1.807) is 0 Å². The lowest BCUT2D eigenvalue weighted by atomic mass is 9.69. The van der Waals surface area contributed by atoms with Crippen LogP contribution in [0.2, 0.25) is 0 Å². The van der Waals surface area contributed by atoms with Crippen LogP contribution in [0.4, 0.5) is 0 Å². The first-order valence-corrected chi connectivity index (χ1v) is 15.0. The molecule has 2 rings (SSSR count). The molecule has 0 bridgehead atoms. The summed E-state index contributed by atoms with van der Waals surface area (Å²) in [6.07, 6.45) is 4.76. The third-order valence-corrected chi connectivity index (χ3v) is 8.46. The highest BCUT2D eigenvalue weighted by molar-refractivity contribution is 5.84. The molecule has 0 saturated heterocycles. The highest BCUT2D eigenvalue weighted by Crippen LogP contribution is 2.41. The minimum absolute atomic E-state index is 0.129. The van der Waals surface area contributed by atoms with Crippen molar-refractivity contribution in [3.63, 3.8) is 0 Å². The highest BCUT2D eigenvalue weighted by atomic mass is 16.5. The number of amides is 1. The van der Waals surface area contributed by atoms with Crippen LogP contribution in [0.3, 0.4) is 0 Å². The van der Waals surface area contributed by atoms with Crippen LogP contribution in [-0.2, 0) is 21.4 Å². The molecular formula is C34H52N2O5. The largest absolute Gasteiger partial charge is 0.484 e. The van der Waals surface area contributed by atoms with E-state index in [0.717, 1.165) is 31.2 Å². The van der Waals surface area contributed by atoms with Gasteiger partial charge in [0.15, 0.2) is 6.61 Å². The van der Waals surface area contributed by atoms with Gasteiger partial charge in [-0.15, -0.1) is 0 Å². The van der Waals surface area contributed by atoms with Gasteiger partial charge in [0.2, 0.25) is 0 Å². The molecule has 0 radical (unpaired) electrons. The number of aryl methyl sites for hydroxylation is 3. The summed E-state index contributed by atoms with van der Waals surface area (Å²) >= 11 is 0. The molecule has 0 aliphatic carbocycles. The van der Waals surface area contributed by atoms with Gasteiger partial charge in [-0.1, -0.05) is 65.0 Å². The van der Waals surface area contributed by atoms with Gasteiger partial charge in [0.25, 0.3) is 5.91 Å². The molecule has 1 unspecified atom stereocenters. The lowest BCUT2D eigenvalue weighted by Gasteiger charge is -2.34. The molecule has 0 aliphatic rings. The molecule has 41 heavy (non-hydrogen) atoms. The molecule has 0 fully saturated rings. The molecule has 2 aromatic carbocycles. The predicted molar refractivity (Wildman–Crippen MR) is 165 cm³/mol. The van der Waals surface area contributed by atoms with Crippen LogP contribution in [0, 0.1) is 19.3 Å². The van der Waals surface area contributed by atoms with Crippen molar-refractivity contribution in [2.75, 3.05) is 13.2 Å². The summed E-state index contributed by atoms with van der Waals surface area (Å²) in [5, 5.41) is 22.5. The standard InChI is InChI=1S/C34H52N2O5/c1-8-34(9-2,26-15-13-25(23(3)20-26)14-18-30(37)33(5,6)7)27-16-17-29(24(4)21-27)41-22-31(38)36-28(32(39)40)12-10-11-19-35/h13,15-17,20-21,28,30,37H,8-12,14,18-19,22,35H2,1-7H3,(H,36,38)(H,39,40)/t28-,30?/m1/s1. The highest BCUT2D eigenvalue weighted by Gasteiger charge is 2.32. The lowest BCUT2D eigenvalue weighted by molar-refractivity contribution is -0.142. The first-order valence-electron chi connectivity index (χ1n) is 15.0. The molecule has 0 aliphatic heterocycles. The minimum atomic E-state index is -1.06. The second-order valence-electron chi connectivity index (χ2n) is 12.4. The molecule has 0 aromatic heterocycles. The first kappa shape index (κ1) is 34.3. The number of aliphatic carboxylic acids is 1. The minimum Gasteiger partial charge on any atom is -0.484 e. The van der Waals surface area contributed by atoms with Crippen molar-refractivity contribution in [3.8, 4) is 5.75 Å². The molecule has 1 amide bonds. The Balaban J connectivity index is 2.18. The first-order chi connectivity index (χ1) is 19.3. The topological polar surface area (TPSA) is 122 Å². The van der Waals surface area contributed by atoms with Crippen molar-refractivity contribution in [2.24, 2.45) is 11.1 Å². The summed E-state index contributed by atoms with van der Waals surface area (Å²) in [6, 6.07) is 11.9. The number of hydrogen-bond donors (Lipinski definition) is 4. The average molecular weight is 569 g/mol. The third kappa shape index (κ3) is 9.30. The van der Waals surface area contributed by atoms with Gasteiger partial charge in [-0.2, -0.15) is 0 Å². The van der Waals surface area contributed by atoms with Gasteiger partial charge in [0.05, 0.1) is 6.10 Å². The Morgan fingerprint density at radius 3 is 2.07 bits per heavy atom. The Morgan fingerprint density at radius 2 is 1.56 bits per heavy atom. The van der Waals surface area contributed by atoms with E-state index in [-0.39, 0.29) is 23.5 Å². The number of carboxylic acid groups (broad SMARTS) is 1. The second-order valence-corrected chi connectivity index (χ2v) is 12.4. The van der Waals surface area contributed by atoms with Gasteiger partial charge in [-0.25, -0.2) is 4.79 Å². The number of carboxylic acids is 1. The Morgan fingerprint density at radius 1 is 0.951 bits per heavy atom. The Labute approximate surface area is 246 Å². The van der Waals surface area contributed by atoms with E-state index in [1.807, 2.05) is 13.0 Å². The molecule has 0 spiro atoms. The van der Waals surface area contributed by atoms with Gasteiger partial charge in [0.1, 0.15) is 11.8 Å². The van der Waals surface area contributed by atoms with Crippen molar-refractivity contribution in [1.82, 2.24) is 5.32 Å². The Kier molecular flexibility index (Phi) is 12.9. The molecule has 7 heteroatoms. The summed E-state index contributed by atoms with van der Waals surface area (Å²) in [5.41, 5.74) is 11.1. The van der Waals surface area contributed by atoms with Gasteiger partial charge >= 0.3 is 5.97 Å². The van der Waals surface area contributed by atoms with Crippen molar-refractivity contribution >= 4 is 11.9 Å². The van der Waals surface area contributed by atoms with Crippen molar-refractivity contribution in [2.45, 2.75) is 111 Å². The van der Waals surface area contributed by atoms with Crippen molar-refractivity contribution in [1.29, 1.82) is 0 Å². The van der Waals surface area contributed by atoms with Gasteiger partial charge < -0.3 is 26.0 Å². The Hall–Kier alpha value is -2.90. The Bertz CT molecular complexity index is 1150. The zero-order valence-corrected chi connectivity index (χ0v) is 26.2. The van der Waals surface area contributed by atoms with Crippen molar-refractivity contribution < 1.29 is 24.5 Å². The molecule has 0 heterocycles. The number of nitrogens with two attached hydrogens (primary N) is 1. The number of benzene rings is 2. The van der Waals surface area contributed by atoms with Crippen LogP contribution in [0.15, 0.2) is 36.4 Å². The van der Waals surface area contributed by atoms with E-state index in [0.29, 0.717) is 31.6 Å². The maximum atomic E-state index is 12.4. The summed E-state index contributed by atoms with van der Waals surface area (Å²) in [5.74, 6) is -0.920. The van der Waals surface area contributed by atoms with E-state index < -0.39 is 17.9 Å². The van der Waals surface area contributed by atoms with Crippen LogP contribution >= 0.6 is 0 Å². The van der Waals surface area contributed by atoms with E-state index in [2.05, 4.69) is 77.2 Å². The summed E-state index contributed by atoms with van der Waals surface area (Å²) in [4.78, 5) is 23.9. The molecule has 2 aromatic rings. The number of unbranched alkanes of at least 4 members (excludes halogenated alkanes) is 1. The molecule has 7 nitrogen and oxygen atoms in total. The number of carbonyl (C=O) groups excluding carboxylic acids is 1. The third-order valence-electron chi connectivity index (χ3n) is 8.46.